The zero-order valence-corrected chi connectivity index (χ0v) is 14.4. The maximum atomic E-state index is 11.3. The summed E-state index contributed by atoms with van der Waals surface area (Å²) in [4.78, 5) is 13.7. The Bertz CT molecular complexity index is 810. The smallest absolute Gasteiger partial charge is 0.248 e. The number of benzene rings is 2. The van der Waals surface area contributed by atoms with Gasteiger partial charge in [-0.15, -0.1) is 0 Å². The van der Waals surface area contributed by atoms with E-state index in [1.54, 1.807) is 17.4 Å². The molecular formula is C20H20N2OS. The van der Waals surface area contributed by atoms with Gasteiger partial charge in [0, 0.05) is 29.7 Å². The maximum absolute atomic E-state index is 11.3. The number of nitrogens with zero attached hydrogens (tertiary/aromatic N) is 1. The fourth-order valence-corrected chi connectivity index (χ4v) is 3.36. The van der Waals surface area contributed by atoms with Gasteiger partial charge in [0.2, 0.25) is 5.91 Å². The van der Waals surface area contributed by atoms with E-state index < -0.39 is 5.91 Å². The lowest BCUT2D eigenvalue weighted by molar-refractivity contribution is 0.100. The van der Waals surface area contributed by atoms with E-state index in [4.69, 9.17) is 5.73 Å². The molecule has 0 saturated heterocycles. The predicted molar refractivity (Wildman–Crippen MR) is 101 cm³/mol. The van der Waals surface area contributed by atoms with Gasteiger partial charge in [-0.3, -0.25) is 4.79 Å². The van der Waals surface area contributed by atoms with Gasteiger partial charge in [0.25, 0.3) is 0 Å². The van der Waals surface area contributed by atoms with Crippen LogP contribution in [0.15, 0.2) is 65.4 Å². The number of anilines is 1. The van der Waals surface area contributed by atoms with Crippen LogP contribution in [0.4, 0.5) is 5.69 Å². The quantitative estimate of drug-likeness (QED) is 0.718. The van der Waals surface area contributed by atoms with Crippen molar-refractivity contribution in [3.8, 4) is 11.1 Å². The molecule has 3 rings (SSSR count). The van der Waals surface area contributed by atoms with Gasteiger partial charge in [-0.1, -0.05) is 36.4 Å². The summed E-state index contributed by atoms with van der Waals surface area (Å²) in [6, 6.07) is 18.0. The number of nitrogens with two attached hydrogens (primary N) is 1. The summed E-state index contributed by atoms with van der Waals surface area (Å²) >= 11 is 1.72. The van der Waals surface area contributed by atoms with Gasteiger partial charge in [-0.05, 0) is 47.2 Å². The molecule has 0 aliphatic carbocycles. The van der Waals surface area contributed by atoms with Crippen LogP contribution in [0.3, 0.4) is 0 Å². The highest BCUT2D eigenvalue weighted by Crippen LogP contribution is 2.23. The molecular weight excluding hydrogens is 316 g/mol. The van der Waals surface area contributed by atoms with E-state index in [0.717, 1.165) is 24.2 Å². The van der Waals surface area contributed by atoms with Crippen molar-refractivity contribution in [2.45, 2.75) is 13.5 Å². The Balaban J connectivity index is 1.78. The highest BCUT2D eigenvalue weighted by atomic mass is 32.1. The number of hydrogen-bond acceptors (Lipinski definition) is 3. The first-order chi connectivity index (χ1) is 11.7. The van der Waals surface area contributed by atoms with E-state index in [9.17, 15) is 4.79 Å². The van der Waals surface area contributed by atoms with Crippen molar-refractivity contribution < 1.29 is 4.79 Å². The molecule has 1 amide bonds. The van der Waals surface area contributed by atoms with Gasteiger partial charge in [0.1, 0.15) is 0 Å². The first-order valence-electron chi connectivity index (χ1n) is 7.93. The molecule has 122 valence electrons. The predicted octanol–water partition coefficient (Wildman–Crippen LogP) is 4.54. The van der Waals surface area contributed by atoms with E-state index in [1.807, 2.05) is 18.2 Å². The van der Waals surface area contributed by atoms with Gasteiger partial charge in [-0.25, -0.2) is 0 Å². The molecule has 1 aromatic heterocycles. The van der Waals surface area contributed by atoms with Gasteiger partial charge >= 0.3 is 0 Å². The number of thiophene rings is 1. The molecule has 1 heterocycles. The van der Waals surface area contributed by atoms with Gasteiger partial charge in [0.15, 0.2) is 0 Å². The van der Waals surface area contributed by atoms with Crippen molar-refractivity contribution in [3.63, 3.8) is 0 Å². The molecule has 0 radical (unpaired) electrons. The molecule has 2 N–H and O–H groups in total. The maximum Gasteiger partial charge on any atom is 0.248 e. The van der Waals surface area contributed by atoms with E-state index in [1.165, 1.54) is 11.3 Å². The number of rotatable bonds is 6. The first-order valence-corrected chi connectivity index (χ1v) is 8.88. The number of carbonyl (C=O) groups is 1. The van der Waals surface area contributed by atoms with Gasteiger partial charge < -0.3 is 10.6 Å². The Hall–Kier alpha value is -2.59. The molecule has 0 bridgehead atoms. The molecule has 4 heteroatoms. The Morgan fingerprint density at radius 2 is 1.88 bits per heavy atom. The Kier molecular flexibility index (Phi) is 4.96. The molecule has 0 atom stereocenters. The molecule has 0 spiro atoms. The van der Waals surface area contributed by atoms with Crippen molar-refractivity contribution in [1.29, 1.82) is 0 Å². The number of carbonyl (C=O) groups excluding carboxylic acids is 1. The fourth-order valence-electron chi connectivity index (χ4n) is 2.70. The van der Waals surface area contributed by atoms with Crippen molar-refractivity contribution >= 4 is 22.9 Å². The van der Waals surface area contributed by atoms with E-state index >= 15 is 0 Å². The molecule has 0 aliphatic heterocycles. The Morgan fingerprint density at radius 1 is 1.08 bits per heavy atom. The topological polar surface area (TPSA) is 46.3 Å². The second-order valence-electron chi connectivity index (χ2n) is 5.64. The largest absolute Gasteiger partial charge is 0.367 e. The van der Waals surface area contributed by atoms with Crippen molar-refractivity contribution in [2.75, 3.05) is 11.4 Å². The second-order valence-corrected chi connectivity index (χ2v) is 6.42. The average Bonchev–Trinajstić information content (AvgIpc) is 3.15. The summed E-state index contributed by atoms with van der Waals surface area (Å²) < 4.78 is 0. The fraction of sp³-hybridized carbons (Fsp3) is 0.150. The van der Waals surface area contributed by atoms with Crippen molar-refractivity contribution in [2.24, 2.45) is 5.73 Å². The second kappa shape index (κ2) is 7.32. The standard InChI is InChI=1S/C20H20N2OS/c1-2-22(19-10-11-24-14-19)13-15-6-8-16(9-7-15)17-4-3-5-18(12-17)20(21)23/h3-12,14H,2,13H2,1H3,(H2,21,23). The minimum atomic E-state index is -0.400. The minimum Gasteiger partial charge on any atom is -0.367 e. The van der Waals surface area contributed by atoms with E-state index in [-0.39, 0.29) is 0 Å². The average molecular weight is 336 g/mol. The summed E-state index contributed by atoms with van der Waals surface area (Å²) in [5.41, 5.74) is 10.5. The monoisotopic (exact) mass is 336 g/mol. The van der Waals surface area contributed by atoms with Crippen LogP contribution >= 0.6 is 11.3 Å². The number of amides is 1. The Labute approximate surface area is 146 Å². The molecule has 2 aromatic carbocycles. The zero-order valence-electron chi connectivity index (χ0n) is 13.6. The van der Waals surface area contributed by atoms with Crippen LogP contribution in [0, 0.1) is 0 Å². The molecule has 0 unspecified atom stereocenters. The minimum absolute atomic E-state index is 0.400. The van der Waals surface area contributed by atoms with Crippen LogP contribution in [0.5, 0.6) is 0 Å². The van der Waals surface area contributed by atoms with Crippen LogP contribution < -0.4 is 10.6 Å². The third-order valence-corrected chi connectivity index (χ3v) is 4.73. The molecule has 24 heavy (non-hydrogen) atoms. The van der Waals surface area contributed by atoms with Crippen LogP contribution in [-0.2, 0) is 6.54 Å². The Morgan fingerprint density at radius 3 is 2.50 bits per heavy atom. The van der Waals surface area contributed by atoms with Crippen LogP contribution in [0.1, 0.15) is 22.8 Å². The summed E-state index contributed by atoms with van der Waals surface area (Å²) in [6.07, 6.45) is 0. The molecule has 0 aliphatic rings. The number of hydrogen-bond donors (Lipinski definition) is 1. The summed E-state index contributed by atoms with van der Waals surface area (Å²) in [5, 5.41) is 4.28. The molecule has 3 aromatic rings. The van der Waals surface area contributed by atoms with E-state index in [2.05, 4.69) is 52.9 Å². The zero-order chi connectivity index (χ0) is 16.9. The molecule has 0 saturated carbocycles. The van der Waals surface area contributed by atoms with E-state index in [0.29, 0.717) is 5.56 Å². The van der Waals surface area contributed by atoms with Gasteiger partial charge in [-0.2, -0.15) is 11.3 Å². The number of primary amides is 1. The summed E-state index contributed by atoms with van der Waals surface area (Å²) in [7, 11) is 0. The lowest BCUT2D eigenvalue weighted by Crippen LogP contribution is -2.21. The van der Waals surface area contributed by atoms with Crippen molar-refractivity contribution in [1.82, 2.24) is 0 Å². The van der Waals surface area contributed by atoms with Crippen molar-refractivity contribution in [3.05, 3.63) is 76.5 Å². The third kappa shape index (κ3) is 3.66. The summed E-state index contributed by atoms with van der Waals surface area (Å²) in [5.74, 6) is -0.400. The first kappa shape index (κ1) is 16.3. The molecule has 3 nitrogen and oxygen atoms in total. The lowest BCUT2D eigenvalue weighted by Gasteiger charge is -2.21. The van der Waals surface area contributed by atoms with Crippen LogP contribution in [-0.4, -0.2) is 12.5 Å². The van der Waals surface area contributed by atoms with Crippen LogP contribution in [0.2, 0.25) is 0 Å². The molecule has 0 fully saturated rings. The highest BCUT2D eigenvalue weighted by molar-refractivity contribution is 7.08. The highest BCUT2D eigenvalue weighted by Gasteiger charge is 2.07. The normalized spacial score (nSPS) is 10.5. The lowest BCUT2D eigenvalue weighted by atomic mass is 10.0. The summed E-state index contributed by atoms with van der Waals surface area (Å²) in [6.45, 7) is 4.02. The third-order valence-electron chi connectivity index (χ3n) is 4.06. The SMILES string of the molecule is CCN(Cc1ccc(-c2cccc(C(N)=O)c2)cc1)c1ccsc1. The van der Waals surface area contributed by atoms with Crippen LogP contribution in [0.25, 0.3) is 11.1 Å². The van der Waals surface area contributed by atoms with Gasteiger partial charge in [0.05, 0.1) is 0 Å².